The van der Waals surface area contributed by atoms with Crippen LogP contribution in [0, 0.1) is 5.92 Å². The Morgan fingerprint density at radius 3 is 2.74 bits per heavy atom. The van der Waals surface area contributed by atoms with Crippen LogP contribution in [-0.4, -0.2) is 26.6 Å². The van der Waals surface area contributed by atoms with E-state index in [-0.39, 0.29) is 5.97 Å². The van der Waals surface area contributed by atoms with Crippen molar-refractivity contribution >= 4 is 13.5 Å². The van der Waals surface area contributed by atoms with Gasteiger partial charge in [-0.05, 0) is 23.5 Å². The van der Waals surface area contributed by atoms with E-state index in [2.05, 4.69) is 29.7 Å². The first kappa shape index (κ1) is 18.0. The van der Waals surface area contributed by atoms with Crippen molar-refractivity contribution in [2.45, 2.75) is 57.8 Å². The molecule has 0 unspecified atom stereocenters. The summed E-state index contributed by atoms with van der Waals surface area (Å²) in [6.07, 6.45) is 8.54. The van der Waals surface area contributed by atoms with Crippen LogP contribution >= 0.6 is 0 Å². The Kier molecular flexibility index (Phi) is 7.63. The Morgan fingerprint density at radius 2 is 2.04 bits per heavy atom. The van der Waals surface area contributed by atoms with Gasteiger partial charge in [-0.25, -0.2) is 5.48 Å². The molecule has 1 N–H and O–H groups in total. The Morgan fingerprint density at radius 1 is 1.30 bits per heavy atom. The summed E-state index contributed by atoms with van der Waals surface area (Å²) in [5.74, 6) is 0.521. The first-order valence-electron chi connectivity index (χ1n) is 8.76. The van der Waals surface area contributed by atoms with E-state index >= 15 is 0 Å². The smallest absolute Gasteiger partial charge is 0.325 e. The molecule has 0 amide bonds. The maximum absolute atomic E-state index is 11.9. The number of nitrogens with one attached hydrogen (secondary N) is 1. The van der Waals surface area contributed by atoms with E-state index in [1.165, 1.54) is 44.8 Å². The van der Waals surface area contributed by atoms with Gasteiger partial charge in [0, 0.05) is 6.42 Å². The van der Waals surface area contributed by atoms with Crippen molar-refractivity contribution in [3.8, 4) is 0 Å². The maximum Gasteiger partial charge on any atom is 0.325 e. The molecule has 1 fully saturated rings. The molecule has 2 rings (SSSR count). The Labute approximate surface area is 140 Å². The summed E-state index contributed by atoms with van der Waals surface area (Å²) in [5, 5.41) is 0. The second-order valence-electron chi connectivity index (χ2n) is 6.36. The molecule has 23 heavy (non-hydrogen) atoms. The number of carbonyl (C=O) groups is 1. The van der Waals surface area contributed by atoms with Crippen molar-refractivity contribution in [1.29, 1.82) is 0 Å². The van der Waals surface area contributed by atoms with Crippen LogP contribution < -0.4 is 5.48 Å². The first-order chi connectivity index (χ1) is 11.2. The molecule has 1 atom stereocenters. The summed E-state index contributed by atoms with van der Waals surface area (Å²) in [7, 11) is 1.91. The van der Waals surface area contributed by atoms with E-state index in [0.29, 0.717) is 13.9 Å². The zero-order valence-electron chi connectivity index (χ0n) is 14.3. The third-order valence-electron chi connectivity index (χ3n) is 4.54. The molecule has 126 valence electrons. The second-order valence-corrected chi connectivity index (χ2v) is 6.36. The summed E-state index contributed by atoms with van der Waals surface area (Å²) in [6.45, 7) is 1.88. The van der Waals surface area contributed by atoms with Crippen LogP contribution in [0.1, 0.15) is 43.2 Å². The number of hydrogen-bond acceptors (Lipinski definition) is 4. The molecule has 4 nitrogen and oxygen atoms in total. The fourth-order valence-corrected chi connectivity index (χ4v) is 3.34. The zero-order valence-corrected chi connectivity index (χ0v) is 14.3. The van der Waals surface area contributed by atoms with Gasteiger partial charge < -0.3 is 9.49 Å². The number of benzene rings is 1. The second kappa shape index (κ2) is 9.73. The topological polar surface area (TPSA) is 47.6 Å². The summed E-state index contributed by atoms with van der Waals surface area (Å²) in [6, 6.07) is 8.10. The minimum Gasteiger partial charge on any atom is -0.468 e. The van der Waals surface area contributed by atoms with E-state index in [9.17, 15) is 4.79 Å². The first-order valence-corrected chi connectivity index (χ1v) is 8.76. The van der Waals surface area contributed by atoms with Gasteiger partial charge in [-0.15, -0.1) is 0 Å². The molecular formula is C18H28BNO3. The zero-order chi connectivity index (χ0) is 16.5. The minimum absolute atomic E-state index is 0.295. The number of hydrogen-bond donors (Lipinski definition) is 1. The SMILES string of the molecule is CBON[C@@H](Cc1cccc(CC2CCCCC2)c1)C(=O)OC. The standard InChI is InChI=1S/C18H28BNO3/c1-19-23-20-17(18(21)22-2)13-16-10-6-9-15(12-16)11-14-7-4-3-5-8-14/h6,9-10,12,14,17,19-20H,3-5,7-8,11,13H2,1-2H3/t17-/m0/s1. The number of hydroxylamine groups is 1. The quantitative estimate of drug-likeness (QED) is 0.455. The van der Waals surface area contributed by atoms with E-state index in [1.54, 1.807) is 0 Å². The number of rotatable bonds is 8. The van der Waals surface area contributed by atoms with Gasteiger partial charge in [-0.3, -0.25) is 4.79 Å². The molecule has 0 radical (unpaired) electrons. The Hall–Kier alpha value is -1.33. The summed E-state index contributed by atoms with van der Waals surface area (Å²) in [5.41, 5.74) is 5.30. The normalized spacial score (nSPS) is 16.8. The van der Waals surface area contributed by atoms with Gasteiger partial charge in [0.15, 0.2) is 0 Å². The van der Waals surface area contributed by atoms with E-state index < -0.39 is 6.04 Å². The lowest BCUT2D eigenvalue weighted by Gasteiger charge is -2.22. The molecule has 0 aliphatic heterocycles. The Balaban J connectivity index is 1.97. The fraction of sp³-hybridized carbons (Fsp3) is 0.611. The number of ether oxygens (including phenoxy) is 1. The van der Waals surface area contributed by atoms with E-state index in [4.69, 9.17) is 9.49 Å². The molecule has 5 heteroatoms. The van der Waals surface area contributed by atoms with Gasteiger partial charge in [0.25, 0.3) is 0 Å². The average Bonchev–Trinajstić information content (AvgIpc) is 2.59. The number of methoxy groups -OCH3 is 1. The molecule has 0 heterocycles. The molecule has 0 aromatic heterocycles. The van der Waals surface area contributed by atoms with Crippen LogP contribution in [0.15, 0.2) is 24.3 Å². The predicted octanol–water partition coefficient (Wildman–Crippen LogP) is 2.81. The van der Waals surface area contributed by atoms with Crippen LogP contribution in [0.25, 0.3) is 0 Å². The maximum atomic E-state index is 11.9. The van der Waals surface area contributed by atoms with Crippen molar-refractivity contribution < 1.29 is 14.3 Å². The highest BCUT2D eigenvalue weighted by Crippen LogP contribution is 2.27. The van der Waals surface area contributed by atoms with Gasteiger partial charge in [0.1, 0.15) is 6.04 Å². The summed E-state index contributed by atoms with van der Waals surface area (Å²) < 4.78 is 10.0. The highest BCUT2D eigenvalue weighted by molar-refractivity contribution is 6.24. The number of carbonyl (C=O) groups excluding carboxylic acids is 1. The Bertz CT molecular complexity index is 489. The van der Waals surface area contributed by atoms with Gasteiger partial charge >= 0.3 is 13.5 Å². The van der Waals surface area contributed by atoms with Gasteiger partial charge in [0.05, 0.1) is 7.11 Å². The van der Waals surface area contributed by atoms with Crippen LogP contribution in [-0.2, 0) is 27.1 Å². The molecule has 1 aromatic rings. The van der Waals surface area contributed by atoms with E-state index in [0.717, 1.165) is 17.9 Å². The van der Waals surface area contributed by atoms with Crippen molar-refractivity contribution in [2.24, 2.45) is 5.92 Å². The minimum atomic E-state index is -0.468. The molecule has 1 aromatic carbocycles. The highest BCUT2D eigenvalue weighted by Gasteiger charge is 2.20. The summed E-state index contributed by atoms with van der Waals surface area (Å²) >= 11 is 0. The molecule has 0 spiro atoms. The predicted molar refractivity (Wildman–Crippen MR) is 93.5 cm³/mol. The largest absolute Gasteiger partial charge is 0.468 e. The summed E-state index contributed by atoms with van der Waals surface area (Å²) in [4.78, 5) is 11.9. The molecular weight excluding hydrogens is 289 g/mol. The lowest BCUT2D eigenvalue weighted by Crippen LogP contribution is -2.39. The lowest BCUT2D eigenvalue weighted by atomic mass is 9.84. The van der Waals surface area contributed by atoms with Gasteiger partial charge in [0.2, 0.25) is 0 Å². The van der Waals surface area contributed by atoms with Crippen molar-refractivity contribution in [2.75, 3.05) is 7.11 Å². The van der Waals surface area contributed by atoms with Crippen LogP contribution in [0.3, 0.4) is 0 Å². The van der Waals surface area contributed by atoms with E-state index in [1.807, 2.05) is 6.82 Å². The lowest BCUT2D eigenvalue weighted by molar-refractivity contribution is -0.145. The third-order valence-corrected chi connectivity index (χ3v) is 4.54. The number of esters is 1. The third kappa shape index (κ3) is 6.00. The van der Waals surface area contributed by atoms with Crippen LogP contribution in [0.4, 0.5) is 0 Å². The van der Waals surface area contributed by atoms with Crippen LogP contribution in [0.2, 0.25) is 6.82 Å². The highest BCUT2D eigenvalue weighted by atomic mass is 16.6. The van der Waals surface area contributed by atoms with Crippen molar-refractivity contribution in [3.63, 3.8) is 0 Å². The monoisotopic (exact) mass is 317 g/mol. The van der Waals surface area contributed by atoms with Crippen molar-refractivity contribution in [3.05, 3.63) is 35.4 Å². The van der Waals surface area contributed by atoms with Gasteiger partial charge in [-0.1, -0.05) is 63.2 Å². The average molecular weight is 317 g/mol. The molecule has 1 saturated carbocycles. The van der Waals surface area contributed by atoms with Crippen LogP contribution in [0.5, 0.6) is 0 Å². The molecule has 1 aliphatic carbocycles. The molecule has 0 saturated heterocycles. The van der Waals surface area contributed by atoms with Crippen molar-refractivity contribution in [1.82, 2.24) is 5.48 Å². The molecule has 1 aliphatic rings. The molecule has 0 bridgehead atoms. The van der Waals surface area contributed by atoms with Gasteiger partial charge in [-0.2, -0.15) is 0 Å². The fourth-order valence-electron chi connectivity index (χ4n) is 3.34.